The highest BCUT2D eigenvalue weighted by Gasteiger charge is 2.20. The normalized spacial score (nSPS) is 11.2. The van der Waals surface area contributed by atoms with Gasteiger partial charge in [-0.2, -0.15) is 10.2 Å². The maximum Gasteiger partial charge on any atom is 0.156 e. The molecule has 0 fully saturated rings. The van der Waals surface area contributed by atoms with E-state index >= 15 is 0 Å². The highest BCUT2D eigenvalue weighted by molar-refractivity contribution is 5.31. The lowest BCUT2D eigenvalue weighted by molar-refractivity contribution is 0.538. The lowest BCUT2D eigenvalue weighted by atomic mass is 9.96. The zero-order valence-corrected chi connectivity index (χ0v) is 19.1. The zero-order chi connectivity index (χ0) is 21.5. The van der Waals surface area contributed by atoms with Crippen molar-refractivity contribution in [1.29, 1.82) is 0 Å². The smallest absolute Gasteiger partial charge is 0.156 e. The Morgan fingerprint density at radius 3 is 1.68 bits per heavy atom. The van der Waals surface area contributed by atoms with Crippen LogP contribution in [0.25, 0.3) is 5.69 Å². The van der Waals surface area contributed by atoms with Gasteiger partial charge >= 0.3 is 0 Å². The Balaban J connectivity index is 0.000000281. The fourth-order valence-electron chi connectivity index (χ4n) is 2.20. The zero-order valence-electron chi connectivity index (χ0n) is 19.1. The van der Waals surface area contributed by atoms with Crippen LogP contribution in [-0.4, -0.2) is 29.5 Å². The van der Waals surface area contributed by atoms with Gasteiger partial charge in [-0.1, -0.05) is 73.6 Å². The lowest BCUT2D eigenvalue weighted by Gasteiger charge is -2.12. The van der Waals surface area contributed by atoms with Gasteiger partial charge in [-0.3, -0.25) is 4.68 Å². The van der Waals surface area contributed by atoms with Gasteiger partial charge in [0.1, 0.15) is 12.2 Å². The summed E-state index contributed by atoms with van der Waals surface area (Å²) >= 11 is 0. The number of hydrogen-bond acceptors (Lipinski definition) is 4. The molecule has 0 atom stereocenters. The van der Waals surface area contributed by atoms with Crippen molar-refractivity contribution in [2.75, 3.05) is 0 Å². The van der Waals surface area contributed by atoms with Crippen molar-refractivity contribution >= 4 is 0 Å². The molecule has 0 spiro atoms. The molecule has 3 aromatic rings. The van der Waals surface area contributed by atoms with Gasteiger partial charge in [-0.25, -0.2) is 14.6 Å². The molecule has 2 aromatic heterocycles. The lowest BCUT2D eigenvalue weighted by Crippen LogP contribution is -2.14. The molecule has 6 heteroatoms. The SMILES string of the molecule is CC.Cc1nc(C(C)(C)C)nn1-c1ccccc1.Cn1cnc(C(C)(C)C)n1. The van der Waals surface area contributed by atoms with Crippen LogP contribution < -0.4 is 0 Å². The van der Waals surface area contributed by atoms with Gasteiger partial charge in [-0.05, 0) is 19.1 Å². The summed E-state index contributed by atoms with van der Waals surface area (Å²) in [5.74, 6) is 2.71. The van der Waals surface area contributed by atoms with Crippen molar-refractivity contribution in [3.8, 4) is 5.69 Å². The molecule has 0 unspecified atom stereocenters. The molecule has 0 aliphatic carbocycles. The first-order valence-electron chi connectivity index (χ1n) is 9.84. The average Bonchev–Trinajstić information content (AvgIpc) is 3.23. The van der Waals surface area contributed by atoms with Crippen LogP contribution in [0.15, 0.2) is 36.7 Å². The van der Waals surface area contributed by atoms with E-state index in [4.69, 9.17) is 0 Å². The second-order valence-electron chi connectivity index (χ2n) is 8.47. The molecule has 0 aliphatic heterocycles. The third-order valence-corrected chi connectivity index (χ3v) is 3.71. The van der Waals surface area contributed by atoms with Gasteiger partial charge in [-0.15, -0.1) is 0 Å². The Bertz CT molecular complexity index is 832. The highest BCUT2D eigenvalue weighted by Crippen LogP contribution is 2.20. The number of para-hydroxylation sites is 1. The van der Waals surface area contributed by atoms with Crippen molar-refractivity contribution in [3.05, 3.63) is 54.1 Å². The van der Waals surface area contributed by atoms with Crippen LogP contribution in [0.3, 0.4) is 0 Å². The van der Waals surface area contributed by atoms with Crippen molar-refractivity contribution in [3.63, 3.8) is 0 Å². The maximum atomic E-state index is 4.56. The average molecular weight is 385 g/mol. The van der Waals surface area contributed by atoms with E-state index < -0.39 is 0 Å². The molecule has 2 heterocycles. The molecular weight excluding hydrogens is 348 g/mol. The van der Waals surface area contributed by atoms with Gasteiger partial charge < -0.3 is 0 Å². The molecule has 6 nitrogen and oxygen atoms in total. The molecule has 0 N–H and O–H groups in total. The van der Waals surface area contributed by atoms with Crippen LogP contribution in [0.4, 0.5) is 0 Å². The van der Waals surface area contributed by atoms with Crippen LogP contribution in [0.2, 0.25) is 0 Å². The molecule has 1 aromatic carbocycles. The van der Waals surface area contributed by atoms with E-state index in [1.165, 1.54) is 0 Å². The molecular formula is C22H36N6. The third kappa shape index (κ3) is 6.59. The highest BCUT2D eigenvalue weighted by atomic mass is 15.4. The molecule has 0 aliphatic rings. The predicted octanol–water partition coefficient (Wildman–Crippen LogP) is 5.01. The first-order chi connectivity index (χ1) is 13.0. The van der Waals surface area contributed by atoms with E-state index in [0.29, 0.717) is 0 Å². The largest absolute Gasteiger partial charge is 0.256 e. The monoisotopic (exact) mass is 384 g/mol. The summed E-state index contributed by atoms with van der Waals surface area (Å²) in [4.78, 5) is 8.65. The Labute approximate surface area is 170 Å². The van der Waals surface area contributed by atoms with E-state index in [9.17, 15) is 0 Å². The Morgan fingerprint density at radius 2 is 1.32 bits per heavy atom. The summed E-state index contributed by atoms with van der Waals surface area (Å²) < 4.78 is 3.61. The molecule has 28 heavy (non-hydrogen) atoms. The number of rotatable bonds is 1. The van der Waals surface area contributed by atoms with Crippen LogP contribution in [-0.2, 0) is 17.9 Å². The minimum Gasteiger partial charge on any atom is -0.256 e. The third-order valence-electron chi connectivity index (χ3n) is 3.71. The summed E-state index contributed by atoms with van der Waals surface area (Å²) in [7, 11) is 1.88. The minimum atomic E-state index is -0.00914. The van der Waals surface area contributed by atoms with E-state index in [1.807, 2.05) is 62.8 Å². The van der Waals surface area contributed by atoms with Gasteiger partial charge in [0, 0.05) is 17.9 Å². The van der Waals surface area contributed by atoms with E-state index in [1.54, 1.807) is 11.0 Å². The number of nitrogens with zero attached hydrogens (tertiary/aromatic N) is 6. The fraction of sp³-hybridized carbons (Fsp3) is 0.545. The number of aromatic nitrogens is 6. The predicted molar refractivity (Wildman–Crippen MR) is 116 cm³/mol. The van der Waals surface area contributed by atoms with Crippen LogP contribution >= 0.6 is 0 Å². The standard InChI is InChI=1S/C13H17N3.C7H13N3.C2H6/c1-10-14-12(13(2,3)4)15-16(10)11-8-6-5-7-9-11;1-7(2,3)6-8-5-10(4)9-6;1-2/h5-9H,1-4H3;5H,1-4H3;1-2H3. The summed E-state index contributed by atoms with van der Waals surface area (Å²) in [6.07, 6.45) is 1.72. The summed E-state index contributed by atoms with van der Waals surface area (Å²) in [5, 5.41) is 8.74. The van der Waals surface area contributed by atoms with Crippen LogP contribution in [0, 0.1) is 6.92 Å². The number of benzene rings is 1. The van der Waals surface area contributed by atoms with E-state index in [-0.39, 0.29) is 10.8 Å². The molecule has 0 radical (unpaired) electrons. The topological polar surface area (TPSA) is 61.4 Å². The Kier molecular flexibility index (Phi) is 8.09. The van der Waals surface area contributed by atoms with Crippen LogP contribution in [0.1, 0.15) is 72.9 Å². The fourth-order valence-corrected chi connectivity index (χ4v) is 2.20. The van der Waals surface area contributed by atoms with Crippen LogP contribution in [0.5, 0.6) is 0 Å². The van der Waals surface area contributed by atoms with Gasteiger partial charge in [0.05, 0.1) is 5.69 Å². The minimum absolute atomic E-state index is 0.00914. The Hall–Kier alpha value is -2.50. The second-order valence-corrected chi connectivity index (χ2v) is 8.47. The van der Waals surface area contributed by atoms with Gasteiger partial charge in [0.25, 0.3) is 0 Å². The van der Waals surface area contributed by atoms with Crippen molar-refractivity contribution in [1.82, 2.24) is 29.5 Å². The van der Waals surface area contributed by atoms with E-state index in [0.717, 1.165) is 23.2 Å². The first kappa shape index (κ1) is 23.5. The van der Waals surface area contributed by atoms with Gasteiger partial charge in [0.2, 0.25) is 0 Å². The second kappa shape index (κ2) is 9.62. The van der Waals surface area contributed by atoms with Crippen molar-refractivity contribution < 1.29 is 0 Å². The van der Waals surface area contributed by atoms with E-state index in [2.05, 4.69) is 61.7 Å². The summed E-state index contributed by atoms with van der Waals surface area (Å²) in [6.45, 7) is 18.6. The first-order valence-corrected chi connectivity index (χ1v) is 9.84. The molecule has 0 saturated heterocycles. The van der Waals surface area contributed by atoms with Gasteiger partial charge in [0.15, 0.2) is 11.6 Å². The van der Waals surface area contributed by atoms with Crippen molar-refractivity contribution in [2.45, 2.75) is 73.1 Å². The molecule has 154 valence electrons. The maximum absolute atomic E-state index is 4.56. The molecule has 0 bridgehead atoms. The summed E-state index contributed by atoms with van der Waals surface area (Å²) in [5.41, 5.74) is 1.12. The number of aryl methyl sites for hydroxylation is 2. The molecule has 0 amide bonds. The van der Waals surface area contributed by atoms with Crippen molar-refractivity contribution in [2.24, 2.45) is 7.05 Å². The molecule has 0 saturated carbocycles. The Morgan fingerprint density at radius 1 is 0.786 bits per heavy atom. The number of hydrogen-bond donors (Lipinski definition) is 0. The quantitative estimate of drug-likeness (QED) is 0.591. The molecule has 3 rings (SSSR count). The summed E-state index contributed by atoms with van der Waals surface area (Å²) in [6, 6.07) is 10.1.